The third-order valence-corrected chi connectivity index (χ3v) is 3.66. The highest BCUT2D eigenvalue weighted by molar-refractivity contribution is 5.44. The van der Waals surface area contributed by atoms with Crippen molar-refractivity contribution in [2.45, 2.75) is 44.9 Å². The van der Waals surface area contributed by atoms with Gasteiger partial charge < -0.3 is 14.0 Å². The van der Waals surface area contributed by atoms with E-state index in [1.165, 1.54) is 0 Å². The molecule has 20 heavy (non-hydrogen) atoms. The standard InChI is InChI=1S/C14H19N3O3/c1-10(18)8-11-4-2-6-17(11)9-13-15-14(16-20-13)12-5-3-7-19-12/h3,5,7,10-11,18H,2,4,6,8-9H2,1H3. The molecule has 1 saturated heterocycles. The first-order chi connectivity index (χ1) is 9.72. The number of rotatable bonds is 5. The number of aliphatic hydroxyl groups is 1. The first kappa shape index (κ1) is 13.3. The maximum atomic E-state index is 9.54. The monoisotopic (exact) mass is 277 g/mol. The average Bonchev–Trinajstić information content (AvgIpc) is 3.11. The first-order valence-electron chi connectivity index (χ1n) is 7.01. The zero-order valence-electron chi connectivity index (χ0n) is 11.5. The second-order valence-corrected chi connectivity index (χ2v) is 5.34. The maximum Gasteiger partial charge on any atom is 0.241 e. The Bertz CT molecular complexity index is 536. The van der Waals surface area contributed by atoms with Gasteiger partial charge in [0, 0.05) is 6.04 Å². The molecule has 108 valence electrons. The number of nitrogens with zero attached hydrogens (tertiary/aromatic N) is 3. The van der Waals surface area contributed by atoms with Crippen LogP contribution < -0.4 is 0 Å². The van der Waals surface area contributed by atoms with Crippen molar-refractivity contribution in [2.24, 2.45) is 0 Å². The van der Waals surface area contributed by atoms with Gasteiger partial charge in [0.1, 0.15) is 0 Å². The molecule has 2 unspecified atom stereocenters. The minimum Gasteiger partial charge on any atom is -0.461 e. The predicted molar refractivity (Wildman–Crippen MR) is 71.7 cm³/mol. The smallest absolute Gasteiger partial charge is 0.241 e. The molecule has 0 radical (unpaired) electrons. The van der Waals surface area contributed by atoms with Crippen molar-refractivity contribution in [3.05, 3.63) is 24.3 Å². The molecule has 2 aromatic heterocycles. The van der Waals surface area contributed by atoms with Crippen LogP contribution in [0.4, 0.5) is 0 Å². The van der Waals surface area contributed by atoms with E-state index < -0.39 is 0 Å². The van der Waals surface area contributed by atoms with Crippen LogP contribution >= 0.6 is 0 Å². The van der Waals surface area contributed by atoms with E-state index in [1.807, 2.05) is 6.92 Å². The number of furan rings is 1. The minimum atomic E-state index is -0.276. The van der Waals surface area contributed by atoms with E-state index >= 15 is 0 Å². The SMILES string of the molecule is CC(O)CC1CCCN1Cc1nc(-c2ccco2)no1. The summed E-state index contributed by atoms with van der Waals surface area (Å²) in [5.41, 5.74) is 0. The Morgan fingerprint density at radius 1 is 1.55 bits per heavy atom. The summed E-state index contributed by atoms with van der Waals surface area (Å²) >= 11 is 0. The molecule has 2 aromatic rings. The summed E-state index contributed by atoms with van der Waals surface area (Å²) in [6, 6.07) is 4.00. The van der Waals surface area contributed by atoms with Gasteiger partial charge in [0.05, 0.1) is 18.9 Å². The van der Waals surface area contributed by atoms with Crippen molar-refractivity contribution in [3.8, 4) is 11.6 Å². The normalized spacial score (nSPS) is 21.4. The molecule has 1 aliphatic rings. The van der Waals surface area contributed by atoms with Crippen LogP contribution in [0.2, 0.25) is 0 Å². The molecule has 0 bridgehead atoms. The van der Waals surface area contributed by atoms with Crippen LogP contribution in [0.3, 0.4) is 0 Å². The van der Waals surface area contributed by atoms with E-state index in [2.05, 4.69) is 15.0 Å². The first-order valence-corrected chi connectivity index (χ1v) is 7.01. The zero-order chi connectivity index (χ0) is 13.9. The van der Waals surface area contributed by atoms with E-state index in [9.17, 15) is 5.11 Å². The molecule has 0 aliphatic carbocycles. The maximum absolute atomic E-state index is 9.54. The lowest BCUT2D eigenvalue weighted by Gasteiger charge is -2.23. The van der Waals surface area contributed by atoms with Gasteiger partial charge in [0.25, 0.3) is 0 Å². The quantitative estimate of drug-likeness (QED) is 0.901. The Labute approximate surface area is 117 Å². The molecule has 2 atom stereocenters. The van der Waals surface area contributed by atoms with Gasteiger partial charge >= 0.3 is 0 Å². The highest BCUT2D eigenvalue weighted by Crippen LogP contribution is 2.24. The zero-order valence-corrected chi connectivity index (χ0v) is 11.5. The lowest BCUT2D eigenvalue weighted by Crippen LogP contribution is -2.31. The molecule has 0 amide bonds. The minimum absolute atomic E-state index is 0.276. The van der Waals surface area contributed by atoms with E-state index in [0.717, 1.165) is 25.8 Å². The summed E-state index contributed by atoms with van der Waals surface area (Å²) in [5, 5.41) is 13.5. The van der Waals surface area contributed by atoms with E-state index in [4.69, 9.17) is 8.94 Å². The summed E-state index contributed by atoms with van der Waals surface area (Å²) in [6.07, 6.45) is 4.37. The topological polar surface area (TPSA) is 75.5 Å². The van der Waals surface area contributed by atoms with Crippen molar-refractivity contribution in [1.29, 1.82) is 0 Å². The summed E-state index contributed by atoms with van der Waals surface area (Å²) < 4.78 is 10.5. The Morgan fingerprint density at radius 2 is 2.45 bits per heavy atom. The van der Waals surface area contributed by atoms with Crippen molar-refractivity contribution < 1.29 is 14.0 Å². The van der Waals surface area contributed by atoms with Crippen LogP contribution in [0.1, 0.15) is 32.1 Å². The van der Waals surface area contributed by atoms with Crippen LogP contribution in [-0.2, 0) is 6.54 Å². The molecule has 0 spiro atoms. The Hall–Kier alpha value is -1.66. The lowest BCUT2D eigenvalue weighted by molar-refractivity contribution is 0.124. The van der Waals surface area contributed by atoms with Gasteiger partial charge in [0.15, 0.2) is 5.76 Å². The number of likely N-dealkylation sites (tertiary alicyclic amines) is 1. The molecule has 1 N–H and O–H groups in total. The van der Waals surface area contributed by atoms with E-state index in [1.54, 1.807) is 18.4 Å². The molecule has 3 rings (SSSR count). The number of aromatic nitrogens is 2. The predicted octanol–water partition coefficient (Wildman–Crippen LogP) is 2.06. The summed E-state index contributed by atoms with van der Waals surface area (Å²) in [6.45, 7) is 3.47. The van der Waals surface area contributed by atoms with E-state index in [-0.39, 0.29) is 6.10 Å². The summed E-state index contributed by atoms with van der Waals surface area (Å²) in [4.78, 5) is 6.65. The van der Waals surface area contributed by atoms with Gasteiger partial charge in [-0.15, -0.1) is 0 Å². The third kappa shape index (κ3) is 2.91. The Morgan fingerprint density at radius 3 is 3.20 bits per heavy atom. The Kier molecular flexibility index (Phi) is 3.84. The van der Waals surface area contributed by atoms with Gasteiger partial charge in [-0.3, -0.25) is 4.90 Å². The molecule has 0 saturated carbocycles. The van der Waals surface area contributed by atoms with Crippen molar-refractivity contribution in [2.75, 3.05) is 6.54 Å². The molecule has 3 heterocycles. The van der Waals surface area contributed by atoms with Gasteiger partial charge in [-0.25, -0.2) is 0 Å². The molecule has 1 fully saturated rings. The lowest BCUT2D eigenvalue weighted by atomic mass is 10.1. The number of hydrogen-bond donors (Lipinski definition) is 1. The fourth-order valence-electron chi connectivity index (χ4n) is 2.76. The fraction of sp³-hybridized carbons (Fsp3) is 0.571. The van der Waals surface area contributed by atoms with Crippen LogP contribution in [0.5, 0.6) is 0 Å². The van der Waals surface area contributed by atoms with Crippen LogP contribution in [0, 0.1) is 0 Å². The van der Waals surface area contributed by atoms with Crippen molar-refractivity contribution in [3.63, 3.8) is 0 Å². The molecule has 0 aromatic carbocycles. The van der Waals surface area contributed by atoms with Gasteiger partial charge in [-0.1, -0.05) is 5.16 Å². The second kappa shape index (κ2) is 5.76. The van der Waals surface area contributed by atoms with Gasteiger partial charge in [0.2, 0.25) is 11.7 Å². The summed E-state index contributed by atoms with van der Waals surface area (Å²) in [5.74, 6) is 1.69. The fourth-order valence-corrected chi connectivity index (χ4v) is 2.76. The highest BCUT2D eigenvalue weighted by Gasteiger charge is 2.27. The molecular formula is C14H19N3O3. The largest absolute Gasteiger partial charge is 0.461 e. The average molecular weight is 277 g/mol. The van der Waals surface area contributed by atoms with Crippen LogP contribution in [-0.4, -0.2) is 38.8 Å². The van der Waals surface area contributed by atoms with Gasteiger partial charge in [-0.05, 0) is 44.9 Å². The number of aliphatic hydroxyl groups excluding tert-OH is 1. The van der Waals surface area contributed by atoms with E-state index in [0.29, 0.717) is 30.1 Å². The highest BCUT2D eigenvalue weighted by atomic mass is 16.5. The Balaban J connectivity index is 1.65. The number of hydrogen-bond acceptors (Lipinski definition) is 6. The van der Waals surface area contributed by atoms with Gasteiger partial charge in [-0.2, -0.15) is 4.98 Å². The molecular weight excluding hydrogens is 258 g/mol. The molecule has 1 aliphatic heterocycles. The third-order valence-electron chi connectivity index (χ3n) is 3.66. The molecule has 6 nitrogen and oxygen atoms in total. The summed E-state index contributed by atoms with van der Waals surface area (Å²) in [7, 11) is 0. The van der Waals surface area contributed by atoms with Crippen LogP contribution in [0.15, 0.2) is 27.3 Å². The van der Waals surface area contributed by atoms with Crippen LogP contribution in [0.25, 0.3) is 11.6 Å². The second-order valence-electron chi connectivity index (χ2n) is 5.34. The van der Waals surface area contributed by atoms with Crippen molar-refractivity contribution in [1.82, 2.24) is 15.0 Å². The molecule has 6 heteroatoms. The van der Waals surface area contributed by atoms with Crippen molar-refractivity contribution >= 4 is 0 Å².